The van der Waals surface area contributed by atoms with E-state index in [-0.39, 0.29) is 63.8 Å². The van der Waals surface area contributed by atoms with Crippen molar-refractivity contribution in [3.05, 3.63) is 47.3 Å². The summed E-state index contributed by atoms with van der Waals surface area (Å²) in [5.41, 5.74) is -0.301. The number of pyridine rings is 1. The summed E-state index contributed by atoms with van der Waals surface area (Å²) in [6.07, 6.45) is 1.25. The lowest BCUT2D eigenvalue weighted by molar-refractivity contribution is -0.129. The average molecular weight is 539 g/mol. The van der Waals surface area contributed by atoms with E-state index in [9.17, 15) is 22.7 Å². The van der Waals surface area contributed by atoms with Gasteiger partial charge in [-0.3, -0.25) is 9.69 Å². The number of fused-ring (bicyclic) bond motifs is 2. The third-order valence-electron chi connectivity index (χ3n) is 6.60. The number of piperazine rings is 1. The molecule has 0 spiro atoms. The van der Waals surface area contributed by atoms with Crippen molar-refractivity contribution < 1.29 is 27.4 Å². The van der Waals surface area contributed by atoms with Crippen molar-refractivity contribution in [2.45, 2.75) is 37.5 Å². The molecule has 0 aliphatic carbocycles. The smallest absolute Gasteiger partial charge is 0.261 e. The van der Waals surface area contributed by atoms with Crippen LogP contribution >= 0.6 is 11.6 Å². The van der Waals surface area contributed by atoms with Crippen LogP contribution in [0, 0.1) is 5.82 Å². The Bertz CT molecular complexity index is 1300. The summed E-state index contributed by atoms with van der Waals surface area (Å²) in [7, 11) is -2.73. The number of nitrogens with zero attached hydrogens (tertiary/aromatic N) is 4. The van der Waals surface area contributed by atoms with Crippen molar-refractivity contribution in [2.24, 2.45) is 0 Å². The molecule has 1 aromatic heterocycles. The highest BCUT2D eigenvalue weighted by Gasteiger charge is 2.39. The fraction of sp³-hybridized carbons (Fsp3) is 0.417. The number of phenolic OH excluding ortho intramolecular Hbond substituents is 1. The lowest BCUT2D eigenvalue weighted by Crippen LogP contribution is -2.55. The zero-order valence-electron chi connectivity index (χ0n) is 20.2. The molecule has 2 aliphatic heterocycles. The van der Waals surface area contributed by atoms with E-state index in [1.54, 1.807) is 18.7 Å². The van der Waals surface area contributed by atoms with Gasteiger partial charge in [-0.15, -0.1) is 0 Å². The Morgan fingerprint density at radius 2 is 2.11 bits per heavy atom. The molecular formula is C24H28ClFN4O5S. The maximum atomic E-state index is 14.8. The van der Waals surface area contributed by atoms with Gasteiger partial charge in [0, 0.05) is 44.8 Å². The van der Waals surface area contributed by atoms with Gasteiger partial charge in [-0.1, -0.05) is 24.2 Å². The van der Waals surface area contributed by atoms with Gasteiger partial charge >= 0.3 is 0 Å². The molecule has 194 valence electrons. The van der Waals surface area contributed by atoms with Gasteiger partial charge in [0.05, 0.1) is 11.6 Å². The highest BCUT2D eigenvalue weighted by molar-refractivity contribution is 7.89. The van der Waals surface area contributed by atoms with Gasteiger partial charge in [0.15, 0.2) is 5.03 Å². The Morgan fingerprint density at radius 3 is 2.75 bits per heavy atom. The number of rotatable bonds is 5. The van der Waals surface area contributed by atoms with Crippen LogP contribution in [0.1, 0.15) is 19.4 Å². The summed E-state index contributed by atoms with van der Waals surface area (Å²) in [5.74, 6) is -1.38. The molecular weight excluding hydrogens is 511 g/mol. The molecule has 9 nitrogen and oxygen atoms in total. The number of phenols is 1. The molecule has 1 N–H and O–H groups in total. The first kappa shape index (κ1) is 26.3. The number of ether oxygens (including phenoxy) is 1. The number of benzene rings is 1. The molecule has 0 unspecified atom stereocenters. The molecule has 1 fully saturated rings. The first-order valence-corrected chi connectivity index (χ1v) is 13.3. The highest BCUT2D eigenvalue weighted by Crippen LogP contribution is 2.45. The van der Waals surface area contributed by atoms with Gasteiger partial charge in [-0.25, -0.2) is 17.8 Å². The Hall–Kier alpha value is -2.73. The van der Waals surface area contributed by atoms with E-state index < -0.39 is 21.6 Å². The third-order valence-corrected chi connectivity index (χ3v) is 8.96. The summed E-state index contributed by atoms with van der Waals surface area (Å²) in [6.45, 7) is 8.51. The van der Waals surface area contributed by atoms with Gasteiger partial charge in [0.2, 0.25) is 5.91 Å². The van der Waals surface area contributed by atoms with Crippen LogP contribution < -0.4 is 4.74 Å². The molecule has 1 saturated heterocycles. The van der Waals surface area contributed by atoms with E-state index in [1.165, 1.54) is 25.3 Å². The normalized spacial score (nSPS) is 18.4. The first-order valence-electron chi connectivity index (χ1n) is 11.4. The first-order chi connectivity index (χ1) is 17.0. The standard InChI is InChI=1S/C24H28ClFN4O5S/c1-5-19(32)30-10-9-29-12-16-23(35-13-15(29)11-30)21(25)22(20-17(26)7-6-8-18(20)31)27-24(16)36(33,34)28(4)14(2)3/h5-8,14-15,31H,1,9-13H2,2-4H3/t15-/m1/s1. The molecule has 36 heavy (non-hydrogen) atoms. The lowest BCUT2D eigenvalue weighted by Gasteiger charge is -2.39. The van der Waals surface area contributed by atoms with Crippen LogP contribution in [-0.4, -0.2) is 83.9 Å². The largest absolute Gasteiger partial charge is 0.507 e. The molecule has 0 saturated carbocycles. The monoisotopic (exact) mass is 538 g/mol. The van der Waals surface area contributed by atoms with Crippen molar-refractivity contribution in [1.29, 1.82) is 0 Å². The number of carbonyl (C=O) groups excluding carboxylic acids is 1. The minimum atomic E-state index is -4.16. The van der Waals surface area contributed by atoms with E-state index in [0.29, 0.717) is 19.6 Å². The van der Waals surface area contributed by atoms with Crippen molar-refractivity contribution in [1.82, 2.24) is 19.1 Å². The Kier molecular flexibility index (Phi) is 7.29. The predicted molar refractivity (Wildman–Crippen MR) is 133 cm³/mol. The quantitative estimate of drug-likeness (QED) is 0.584. The summed E-state index contributed by atoms with van der Waals surface area (Å²) >= 11 is 6.67. The van der Waals surface area contributed by atoms with Crippen molar-refractivity contribution in [3.8, 4) is 22.8 Å². The number of hydrogen-bond donors (Lipinski definition) is 1. The second-order valence-electron chi connectivity index (χ2n) is 9.06. The summed E-state index contributed by atoms with van der Waals surface area (Å²) in [6, 6.07) is 3.08. The van der Waals surface area contributed by atoms with Crippen LogP contribution in [0.4, 0.5) is 4.39 Å². The number of hydrogen-bond acceptors (Lipinski definition) is 7. The van der Waals surface area contributed by atoms with Crippen LogP contribution in [-0.2, 0) is 21.4 Å². The lowest BCUT2D eigenvalue weighted by atomic mass is 10.1. The molecule has 1 atom stereocenters. The molecule has 0 radical (unpaired) electrons. The van der Waals surface area contributed by atoms with Crippen LogP contribution in [0.25, 0.3) is 11.3 Å². The Balaban J connectivity index is 1.90. The second kappa shape index (κ2) is 9.97. The van der Waals surface area contributed by atoms with Crippen LogP contribution in [0.5, 0.6) is 11.5 Å². The molecule has 3 heterocycles. The molecule has 1 amide bonds. The number of carbonyl (C=O) groups is 1. The number of aromatic nitrogens is 1. The second-order valence-corrected chi connectivity index (χ2v) is 11.4. The van der Waals surface area contributed by atoms with Gasteiger partial charge in [0.1, 0.15) is 34.6 Å². The van der Waals surface area contributed by atoms with E-state index >= 15 is 0 Å². The number of halogens is 2. The fourth-order valence-electron chi connectivity index (χ4n) is 4.36. The third kappa shape index (κ3) is 4.56. The van der Waals surface area contributed by atoms with E-state index in [0.717, 1.165) is 10.4 Å². The van der Waals surface area contributed by atoms with E-state index in [2.05, 4.69) is 11.6 Å². The van der Waals surface area contributed by atoms with Crippen molar-refractivity contribution in [3.63, 3.8) is 0 Å². The minimum absolute atomic E-state index is 0.0658. The number of sulfonamides is 1. The summed E-state index contributed by atoms with van der Waals surface area (Å²) in [5, 5.41) is 9.98. The van der Waals surface area contributed by atoms with E-state index in [4.69, 9.17) is 16.3 Å². The molecule has 12 heteroatoms. The molecule has 0 bridgehead atoms. The SMILES string of the molecule is C=CC(=O)N1CCN2Cc3c(S(=O)(=O)N(C)C(C)C)nc(-c4c(O)cccc4F)c(Cl)c3OC[C@H]2C1. The Labute approximate surface area is 214 Å². The van der Waals surface area contributed by atoms with Gasteiger partial charge in [-0.2, -0.15) is 4.31 Å². The molecule has 2 aromatic rings. The summed E-state index contributed by atoms with van der Waals surface area (Å²) < 4.78 is 49.4. The van der Waals surface area contributed by atoms with Gasteiger partial charge < -0.3 is 14.7 Å². The zero-order valence-corrected chi connectivity index (χ0v) is 21.8. The van der Waals surface area contributed by atoms with Crippen LogP contribution in [0.2, 0.25) is 5.02 Å². The fourth-order valence-corrected chi connectivity index (χ4v) is 6.16. The summed E-state index contributed by atoms with van der Waals surface area (Å²) in [4.78, 5) is 20.2. The predicted octanol–water partition coefficient (Wildman–Crippen LogP) is 2.87. The highest BCUT2D eigenvalue weighted by atomic mass is 35.5. The van der Waals surface area contributed by atoms with Crippen molar-refractivity contribution in [2.75, 3.05) is 33.3 Å². The molecule has 1 aromatic carbocycles. The number of aromatic hydroxyl groups is 1. The maximum absolute atomic E-state index is 14.8. The molecule has 4 rings (SSSR count). The van der Waals surface area contributed by atoms with Crippen LogP contribution in [0.3, 0.4) is 0 Å². The maximum Gasteiger partial charge on any atom is 0.261 e. The number of amides is 1. The zero-order chi connectivity index (χ0) is 26.4. The molecule has 2 aliphatic rings. The Morgan fingerprint density at radius 1 is 1.39 bits per heavy atom. The van der Waals surface area contributed by atoms with Crippen LogP contribution in [0.15, 0.2) is 35.9 Å². The average Bonchev–Trinajstić information content (AvgIpc) is 3.03. The van der Waals surface area contributed by atoms with E-state index in [1.807, 2.05) is 4.90 Å². The van der Waals surface area contributed by atoms with Crippen molar-refractivity contribution >= 4 is 27.5 Å². The van der Waals surface area contributed by atoms with Gasteiger partial charge in [0.25, 0.3) is 10.0 Å². The van der Waals surface area contributed by atoms with Gasteiger partial charge in [-0.05, 0) is 32.1 Å². The topological polar surface area (TPSA) is 103 Å². The minimum Gasteiger partial charge on any atom is -0.507 e.